The molecule has 2 aromatic carbocycles. The van der Waals surface area contributed by atoms with E-state index in [1.807, 2.05) is 56.6 Å². The number of carbonyl (C=O) groups excluding carboxylic acids is 1. The number of carbonyl (C=O) groups is 1. The molecule has 0 heterocycles. The molecule has 4 nitrogen and oxygen atoms in total. The Hall–Kier alpha value is -2.77. The summed E-state index contributed by atoms with van der Waals surface area (Å²) in [6.45, 7) is 0.510. The minimum atomic E-state index is -0.281. The highest BCUT2D eigenvalue weighted by Gasteiger charge is 2.13. The second kappa shape index (κ2) is 8.76. The van der Waals surface area contributed by atoms with Gasteiger partial charge in [0.05, 0.1) is 0 Å². The van der Waals surface area contributed by atoms with Gasteiger partial charge in [-0.3, -0.25) is 4.79 Å². The number of phenols is 1. The monoisotopic (exact) mass is 322 g/mol. The van der Waals surface area contributed by atoms with Gasteiger partial charge >= 0.3 is 0 Å². The molecular weight excluding hydrogens is 300 g/mol. The average molecular weight is 322 g/mol. The number of nitrogens with one attached hydrogen (secondary N) is 1. The van der Waals surface area contributed by atoms with Crippen LogP contribution in [0.4, 0.5) is 0 Å². The molecule has 2 N–H and O–H groups in total. The fourth-order valence-electron chi connectivity index (χ4n) is 2.25. The molecule has 0 unspecified atom stereocenters. The van der Waals surface area contributed by atoms with E-state index in [0.717, 1.165) is 17.5 Å². The molecule has 0 aliphatic rings. The first-order chi connectivity index (χ1) is 11.5. The molecule has 0 aromatic heterocycles. The number of phenolic OH excluding ortho intramolecular Hbond substituents is 1. The standard InChI is InChI=1S/C20H22N2O2/c1-22(2)18(14-17-8-11-19(23)12-9-17)15-21-20(24)13-10-16-6-4-3-5-7-16/h3-9,11-12,18,23H,14-15H2,1-2H3,(H,21,24)/t18-/m0/s1. The van der Waals surface area contributed by atoms with Crippen molar-refractivity contribution in [2.24, 2.45) is 0 Å². The van der Waals surface area contributed by atoms with Gasteiger partial charge in [-0.25, -0.2) is 0 Å². The third-order valence-corrected chi connectivity index (χ3v) is 3.73. The van der Waals surface area contributed by atoms with Gasteiger partial charge in [-0.15, -0.1) is 0 Å². The summed E-state index contributed by atoms with van der Waals surface area (Å²) < 4.78 is 0. The van der Waals surface area contributed by atoms with E-state index < -0.39 is 0 Å². The van der Waals surface area contributed by atoms with Gasteiger partial charge in [0, 0.05) is 24.1 Å². The Bertz CT molecular complexity index is 713. The molecule has 0 fully saturated rings. The lowest BCUT2D eigenvalue weighted by atomic mass is 10.0. The summed E-state index contributed by atoms with van der Waals surface area (Å²) in [7, 11) is 3.96. The molecule has 4 heteroatoms. The summed E-state index contributed by atoms with van der Waals surface area (Å²) in [5.41, 5.74) is 1.93. The fourth-order valence-corrected chi connectivity index (χ4v) is 2.25. The van der Waals surface area contributed by atoms with Crippen LogP contribution in [0.5, 0.6) is 5.75 Å². The number of nitrogens with zero attached hydrogens (tertiary/aromatic N) is 1. The topological polar surface area (TPSA) is 52.6 Å². The van der Waals surface area contributed by atoms with Crippen LogP contribution >= 0.6 is 0 Å². The SMILES string of the molecule is CN(C)[C@H](CNC(=O)C#Cc1ccccc1)Cc1ccc(O)cc1. The van der Waals surface area contributed by atoms with Crippen molar-refractivity contribution >= 4 is 5.91 Å². The first kappa shape index (κ1) is 17.6. The molecule has 2 aromatic rings. The zero-order valence-electron chi connectivity index (χ0n) is 14.0. The highest BCUT2D eigenvalue weighted by Crippen LogP contribution is 2.12. The lowest BCUT2D eigenvalue weighted by molar-refractivity contribution is -0.115. The summed E-state index contributed by atoms with van der Waals surface area (Å²) in [6.07, 6.45) is 0.777. The molecule has 0 aliphatic heterocycles. The van der Waals surface area contributed by atoms with Crippen molar-refractivity contribution < 1.29 is 9.90 Å². The first-order valence-electron chi connectivity index (χ1n) is 7.84. The van der Waals surface area contributed by atoms with Gasteiger partial charge in [-0.05, 0) is 50.3 Å². The molecule has 0 saturated heterocycles. The second-order valence-corrected chi connectivity index (χ2v) is 5.81. The van der Waals surface area contributed by atoms with Crippen molar-refractivity contribution in [2.45, 2.75) is 12.5 Å². The van der Waals surface area contributed by atoms with Gasteiger partial charge in [-0.1, -0.05) is 36.3 Å². The van der Waals surface area contributed by atoms with Crippen LogP contribution in [-0.2, 0) is 11.2 Å². The summed E-state index contributed by atoms with van der Waals surface area (Å²) in [4.78, 5) is 14.0. The van der Waals surface area contributed by atoms with Crippen LogP contribution in [-0.4, -0.2) is 42.6 Å². The highest BCUT2D eigenvalue weighted by atomic mass is 16.3. The first-order valence-corrected chi connectivity index (χ1v) is 7.84. The zero-order valence-corrected chi connectivity index (χ0v) is 14.0. The van der Waals surface area contributed by atoms with E-state index >= 15 is 0 Å². The largest absolute Gasteiger partial charge is 0.508 e. The van der Waals surface area contributed by atoms with E-state index in [-0.39, 0.29) is 17.7 Å². The van der Waals surface area contributed by atoms with Gasteiger partial charge in [0.2, 0.25) is 0 Å². The van der Waals surface area contributed by atoms with Gasteiger partial charge < -0.3 is 15.3 Å². The van der Waals surface area contributed by atoms with E-state index in [9.17, 15) is 9.90 Å². The van der Waals surface area contributed by atoms with Crippen molar-refractivity contribution in [2.75, 3.05) is 20.6 Å². The molecule has 0 saturated carbocycles. The van der Waals surface area contributed by atoms with Crippen LogP contribution in [0.3, 0.4) is 0 Å². The Morgan fingerprint density at radius 1 is 1.12 bits per heavy atom. The lowest BCUT2D eigenvalue weighted by Crippen LogP contribution is -2.41. The zero-order chi connectivity index (χ0) is 17.4. The summed E-state index contributed by atoms with van der Waals surface area (Å²) in [6, 6.07) is 16.7. The summed E-state index contributed by atoms with van der Waals surface area (Å²) in [5.74, 6) is 5.44. The Morgan fingerprint density at radius 2 is 1.79 bits per heavy atom. The van der Waals surface area contributed by atoms with Crippen LogP contribution in [0.1, 0.15) is 11.1 Å². The normalized spacial score (nSPS) is 11.5. The molecule has 0 radical (unpaired) electrons. The molecule has 1 amide bonds. The number of hydrogen-bond donors (Lipinski definition) is 2. The molecule has 24 heavy (non-hydrogen) atoms. The van der Waals surface area contributed by atoms with E-state index in [1.54, 1.807) is 12.1 Å². The summed E-state index contributed by atoms with van der Waals surface area (Å²) >= 11 is 0. The molecule has 1 atom stereocenters. The van der Waals surface area contributed by atoms with Crippen molar-refractivity contribution in [3.05, 3.63) is 65.7 Å². The fraction of sp³-hybridized carbons (Fsp3) is 0.250. The molecule has 2 rings (SSSR count). The Morgan fingerprint density at radius 3 is 2.42 bits per heavy atom. The van der Waals surface area contributed by atoms with E-state index in [4.69, 9.17) is 0 Å². The van der Waals surface area contributed by atoms with Gasteiger partial charge in [0.15, 0.2) is 0 Å². The Kier molecular flexibility index (Phi) is 6.41. The second-order valence-electron chi connectivity index (χ2n) is 5.81. The van der Waals surface area contributed by atoms with Crippen LogP contribution in [0.25, 0.3) is 0 Å². The molecule has 0 aliphatic carbocycles. The molecule has 0 spiro atoms. The Balaban J connectivity index is 1.90. The highest BCUT2D eigenvalue weighted by molar-refractivity contribution is 5.94. The maximum Gasteiger partial charge on any atom is 0.296 e. The third kappa shape index (κ3) is 5.79. The van der Waals surface area contributed by atoms with Crippen LogP contribution in [0, 0.1) is 11.8 Å². The number of rotatable bonds is 5. The third-order valence-electron chi connectivity index (χ3n) is 3.73. The van der Waals surface area contributed by atoms with Crippen molar-refractivity contribution in [3.63, 3.8) is 0 Å². The van der Waals surface area contributed by atoms with E-state index in [1.165, 1.54) is 0 Å². The molecular formula is C20H22N2O2. The van der Waals surface area contributed by atoms with Gasteiger partial charge in [0.25, 0.3) is 5.91 Å². The minimum Gasteiger partial charge on any atom is -0.508 e. The molecule has 0 bridgehead atoms. The van der Waals surface area contributed by atoms with Crippen molar-refractivity contribution in [3.8, 4) is 17.6 Å². The van der Waals surface area contributed by atoms with Crippen molar-refractivity contribution in [1.82, 2.24) is 10.2 Å². The number of hydrogen-bond acceptors (Lipinski definition) is 3. The van der Waals surface area contributed by atoms with E-state index in [2.05, 4.69) is 22.1 Å². The smallest absolute Gasteiger partial charge is 0.296 e. The van der Waals surface area contributed by atoms with Gasteiger partial charge in [-0.2, -0.15) is 0 Å². The van der Waals surface area contributed by atoms with Crippen LogP contribution < -0.4 is 5.32 Å². The number of amides is 1. The number of likely N-dealkylation sites (N-methyl/N-ethyl adjacent to an activating group) is 1. The number of aromatic hydroxyl groups is 1. The average Bonchev–Trinajstić information content (AvgIpc) is 2.59. The van der Waals surface area contributed by atoms with Crippen LogP contribution in [0.2, 0.25) is 0 Å². The maximum absolute atomic E-state index is 11.9. The number of benzene rings is 2. The van der Waals surface area contributed by atoms with E-state index in [0.29, 0.717) is 6.54 Å². The van der Waals surface area contributed by atoms with Crippen molar-refractivity contribution in [1.29, 1.82) is 0 Å². The Labute approximate surface area is 143 Å². The lowest BCUT2D eigenvalue weighted by Gasteiger charge is -2.24. The minimum absolute atomic E-state index is 0.150. The predicted octanol–water partition coefficient (Wildman–Crippen LogP) is 2.03. The quantitative estimate of drug-likeness (QED) is 0.828. The summed E-state index contributed by atoms with van der Waals surface area (Å²) in [5, 5.41) is 12.2. The predicted molar refractivity (Wildman–Crippen MR) is 95.6 cm³/mol. The maximum atomic E-state index is 11.9. The molecule has 124 valence electrons. The van der Waals surface area contributed by atoms with Crippen LogP contribution in [0.15, 0.2) is 54.6 Å². The van der Waals surface area contributed by atoms with Gasteiger partial charge in [0.1, 0.15) is 5.75 Å².